The van der Waals surface area contributed by atoms with Crippen molar-refractivity contribution in [1.82, 2.24) is 20.3 Å². The number of amides is 2. The van der Waals surface area contributed by atoms with E-state index in [2.05, 4.69) is 15.4 Å². The molecule has 1 N–H and O–H groups in total. The van der Waals surface area contributed by atoms with Gasteiger partial charge in [-0.2, -0.15) is 0 Å². The van der Waals surface area contributed by atoms with Gasteiger partial charge in [0.05, 0.1) is 6.04 Å². The quantitative estimate of drug-likeness (QED) is 0.857. The van der Waals surface area contributed by atoms with Crippen LogP contribution in [0.3, 0.4) is 0 Å². The van der Waals surface area contributed by atoms with Crippen molar-refractivity contribution in [2.75, 3.05) is 26.2 Å². The van der Waals surface area contributed by atoms with Gasteiger partial charge in [0.15, 0.2) is 0 Å². The zero-order valence-electron chi connectivity index (χ0n) is 16.4. The van der Waals surface area contributed by atoms with Crippen LogP contribution in [0.25, 0.3) is 11.3 Å². The summed E-state index contributed by atoms with van der Waals surface area (Å²) in [5.74, 6) is 0.555. The summed E-state index contributed by atoms with van der Waals surface area (Å²) < 4.78 is 5.33. The van der Waals surface area contributed by atoms with E-state index in [9.17, 15) is 9.59 Å². The minimum Gasteiger partial charge on any atom is -0.360 e. The molecule has 2 aliphatic rings. The number of hydrogen-bond acceptors (Lipinski definition) is 5. The molecule has 2 heterocycles. The van der Waals surface area contributed by atoms with Crippen molar-refractivity contribution in [1.29, 1.82) is 0 Å². The van der Waals surface area contributed by atoms with Gasteiger partial charge in [0.25, 0.3) is 5.91 Å². The van der Waals surface area contributed by atoms with Crippen LogP contribution >= 0.6 is 0 Å². The van der Waals surface area contributed by atoms with Gasteiger partial charge >= 0.3 is 0 Å². The van der Waals surface area contributed by atoms with Crippen LogP contribution in [-0.4, -0.2) is 65.0 Å². The number of aryl methyl sites for hydroxylation is 1. The minimum absolute atomic E-state index is 0.0626. The number of carbonyl (C=O) groups excluding carboxylic acids is 2. The Balaban J connectivity index is 1.42. The fraction of sp³-hybridized carbons (Fsp3) is 0.476. The SMILES string of the molecule is Cc1onc(-c2ccccc2)c1C(=O)N1CCN(C(C)C(=O)NC2CC2)CC1. The lowest BCUT2D eigenvalue weighted by Gasteiger charge is -2.37. The van der Waals surface area contributed by atoms with E-state index < -0.39 is 0 Å². The molecule has 148 valence electrons. The molecule has 1 aromatic carbocycles. The van der Waals surface area contributed by atoms with Crippen molar-refractivity contribution in [2.24, 2.45) is 0 Å². The second-order valence-electron chi connectivity index (χ2n) is 7.62. The van der Waals surface area contributed by atoms with E-state index in [1.54, 1.807) is 6.92 Å². The van der Waals surface area contributed by atoms with Crippen LogP contribution in [0.2, 0.25) is 0 Å². The van der Waals surface area contributed by atoms with Gasteiger partial charge in [-0.1, -0.05) is 35.5 Å². The van der Waals surface area contributed by atoms with Crippen LogP contribution in [0.15, 0.2) is 34.9 Å². The number of benzene rings is 1. The van der Waals surface area contributed by atoms with Crippen molar-refractivity contribution in [3.05, 3.63) is 41.7 Å². The predicted octanol–water partition coefficient (Wildman–Crippen LogP) is 2.07. The van der Waals surface area contributed by atoms with E-state index in [1.165, 1.54) is 0 Å². The summed E-state index contributed by atoms with van der Waals surface area (Å²) in [5.41, 5.74) is 1.98. The summed E-state index contributed by atoms with van der Waals surface area (Å²) in [6.45, 7) is 6.23. The molecular weight excluding hydrogens is 356 g/mol. The average Bonchev–Trinajstić information content (AvgIpc) is 3.46. The molecule has 0 spiro atoms. The van der Waals surface area contributed by atoms with Crippen LogP contribution in [-0.2, 0) is 4.79 Å². The summed E-state index contributed by atoms with van der Waals surface area (Å²) in [5, 5.41) is 7.17. The summed E-state index contributed by atoms with van der Waals surface area (Å²) >= 11 is 0. The van der Waals surface area contributed by atoms with Gasteiger partial charge in [-0.15, -0.1) is 0 Å². The van der Waals surface area contributed by atoms with Crippen molar-refractivity contribution in [3.63, 3.8) is 0 Å². The normalized spacial score (nSPS) is 18.7. The maximum absolute atomic E-state index is 13.2. The smallest absolute Gasteiger partial charge is 0.259 e. The molecule has 7 heteroatoms. The molecule has 7 nitrogen and oxygen atoms in total. The van der Waals surface area contributed by atoms with Gasteiger partial charge in [0.2, 0.25) is 5.91 Å². The highest BCUT2D eigenvalue weighted by molar-refractivity contribution is 6.00. The van der Waals surface area contributed by atoms with Gasteiger partial charge in [-0.05, 0) is 26.7 Å². The molecule has 2 amide bonds. The summed E-state index contributed by atoms with van der Waals surface area (Å²) in [6, 6.07) is 9.80. The molecule has 1 aliphatic heterocycles. The first kappa shape index (κ1) is 18.7. The lowest BCUT2D eigenvalue weighted by atomic mass is 10.0. The highest BCUT2D eigenvalue weighted by Crippen LogP contribution is 2.27. The number of nitrogens with one attached hydrogen (secondary N) is 1. The van der Waals surface area contributed by atoms with Crippen LogP contribution in [0.5, 0.6) is 0 Å². The zero-order valence-corrected chi connectivity index (χ0v) is 16.4. The number of hydrogen-bond donors (Lipinski definition) is 1. The Hall–Kier alpha value is -2.67. The van der Waals surface area contributed by atoms with Gasteiger partial charge in [-0.3, -0.25) is 14.5 Å². The molecule has 1 saturated carbocycles. The molecule has 2 aromatic rings. The lowest BCUT2D eigenvalue weighted by Crippen LogP contribution is -2.55. The summed E-state index contributed by atoms with van der Waals surface area (Å²) in [4.78, 5) is 29.4. The Morgan fingerprint density at radius 2 is 1.82 bits per heavy atom. The van der Waals surface area contributed by atoms with Gasteiger partial charge in [0.1, 0.15) is 17.0 Å². The Morgan fingerprint density at radius 1 is 1.14 bits per heavy atom. The first-order chi connectivity index (χ1) is 13.5. The number of carbonyl (C=O) groups is 2. The molecule has 1 atom stereocenters. The molecular formula is C21H26N4O3. The minimum atomic E-state index is -0.171. The predicted molar refractivity (Wildman–Crippen MR) is 105 cm³/mol. The second kappa shape index (κ2) is 7.75. The third kappa shape index (κ3) is 3.80. The van der Waals surface area contributed by atoms with Crippen LogP contribution in [0.1, 0.15) is 35.9 Å². The molecule has 28 heavy (non-hydrogen) atoms. The Bertz CT molecular complexity index is 852. The largest absolute Gasteiger partial charge is 0.360 e. The topological polar surface area (TPSA) is 78.7 Å². The number of piperazine rings is 1. The Kier molecular flexibility index (Phi) is 5.17. The average molecular weight is 382 g/mol. The zero-order chi connectivity index (χ0) is 19.7. The number of aromatic nitrogens is 1. The van der Waals surface area contributed by atoms with Gasteiger partial charge in [0, 0.05) is 37.8 Å². The Morgan fingerprint density at radius 3 is 2.46 bits per heavy atom. The molecule has 1 aliphatic carbocycles. The van der Waals surface area contributed by atoms with E-state index in [1.807, 2.05) is 42.2 Å². The molecule has 2 fully saturated rings. The standard InChI is InChI=1S/C21H26N4O3/c1-14(20(26)22-17-8-9-17)24-10-12-25(13-11-24)21(27)18-15(2)28-23-19(18)16-6-4-3-5-7-16/h3-7,14,17H,8-13H2,1-2H3,(H,22,26). The van der Waals surface area contributed by atoms with E-state index in [-0.39, 0.29) is 17.9 Å². The fourth-order valence-corrected chi connectivity index (χ4v) is 3.60. The highest BCUT2D eigenvalue weighted by atomic mass is 16.5. The highest BCUT2D eigenvalue weighted by Gasteiger charge is 2.32. The van der Waals surface area contributed by atoms with E-state index in [4.69, 9.17) is 4.52 Å². The molecule has 0 radical (unpaired) electrons. The molecule has 4 rings (SSSR count). The maximum atomic E-state index is 13.2. The van der Waals surface area contributed by atoms with Crippen molar-refractivity contribution in [3.8, 4) is 11.3 Å². The van der Waals surface area contributed by atoms with E-state index in [0.29, 0.717) is 49.2 Å². The fourth-order valence-electron chi connectivity index (χ4n) is 3.60. The maximum Gasteiger partial charge on any atom is 0.259 e. The van der Waals surface area contributed by atoms with E-state index >= 15 is 0 Å². The van der Waals surface area contributed by atoms with Crippen molar-refractivity contribution >= 4 is 11.8 Å². The van der Waals surface area contributed by atoms with E-state index in [0.717, 1.165) is 18.4 Å². The van der Waals surface area contributed by atoms with Crippen LogP contribution in [0.4, 0.5) is 0 Å². The first-order valence-electron chi connectivity index (χ1n) is 9.90. The Labute approximate surface area is 164 Å². The summed E-state index contributed by atoms with van der Waals surface area (Å²) in [6.07, 6.45) is 2.17. The second-order valence-corrected chi connectivity index (χ2v) is 7.62. The molecule has 1 aromatic heterocycles. The molecule has 0 bridgehead atoms. The molecule has 1 saturated heterocycles. The third-order valence-electron chi connectivity index (χ3n) is 5.58. The lowest BCUT2D eigenvalue weighted by molar-refractivity contribution is -0.126. The van der Waals surface area contributed by atoms with Gasteiger partial charge < -0.3 is 14.7 Å². The van der Waals surface area contributed by atoms with Crippen molar-refractivity contribution in [2.45, 2.75) is 38.8 Å². The number of rotatable bonds is 5. The van der Waals surface area contributed by atoms with Crippen molar-refractivity contribution < 1.29 is 14.1 Å². The monoisotopic (exact) mass is 382 g/mol. The molecule has 1 unspecified atom stereocenters. The van der Waals surface area contributed by atoms with Crippen LogP contribution < -0.4 is 5.32 Å². The third-order valence-corrected chi connectivity index (χ3v) is 5.58. The van der Waals surface area contributed by atoms with Crippen LogP contribution in [0, 0.1) is 6.92 Å². The first-order valence-corrected chi connectivity index (χ1v) is 9.90. The number of nitrogens with zero attached hydrogens (tertiary/aromatic N) is 3. The van der Waals surface area contributed by atoms with Gasteiger partial charge in [-0.25, -0.2) is 0 Å². The summed E-state index contributed by atoms with van der Waals surface area (Å²) in [7, 11) is 0.